The fourth-order valence-corrected chi connectivity index (χ4v) is 3.58. The Morgan fingerprint density at radius 3 is 2.50 bits per heavy atom. The molecule has 1 heterocycles. The third kappa shape index (κ3) is 5.72. The van der Waals surface area contributed by atoms with Gasteiger partial charge in [0.1, 0.15) is 18.1 Å². The van der Waals surface area contributed by atoms with E-state index in [0.29, 0.717) is 43.6 Å². The van der Waals surface area contributed by atoms with Crippen molar-refractivity contribution >= 4 is 23.3 Å². The number of fused-ring (bicyclic) bond motifs is 1. The number of ether oxygens (including phenoxy) is 3. The van der Waals surface area contributed by atoms with E-state index in [9.17, 15) is 4.79 Å². The Labute approximate surface area is 192 Å². The Hall–Kier alpha value is -3.22. The van der Waals surface area contributed by atoms with Crippen LogP contribution in [0.2, 0.25) is 5.02 Å². The molecule has 0 spiro atoms. The summed E-state index contributed by atoms with van der Waals surface area (Å²) in [7, 11) is 1.61. The molecule has 1 aliphatic heterocycles. The second kappa shape index (κ2) is 10.4. The van der Waals surface area contributed by atoms with Crippen molar-refractivity contribution < 1.29 is 19.0 Å². The molecule has 0 aliphatic carbocycles. The van der Waals surface area contributed by atoms with E-state index in [1.807, 2.05) is 66.7 Å². The van der Waals surface area contributed by atoms with Gasteiger partial charge < -0.3 is 24.4 Å². The molecule has 0 saturated carbocycles. The van der Waals surface area contributed by atoms with Crippen molar-refractivity contribution in [2.45, 2.75) is 19.8 Å². The molecule has 32 heavy (non-hydrogen) atoms. The Balaban J connectivity index is 1.37. The van der Waals surface area contributed by atoms with Crippen LogP contribution in [0.1, 0.15) is 16.7 Å². The second-order valence-corrected chi connectivity index (χ2v) is 7.93. The van der Waals surface area contributed by atoms with E-state index < -0.39 is 0 Å². The number of halogens is 1. The summed E-state index contributed by atoms with van der Waals surface area (Å²) >= 11 is 5.92. The van der Waals surface area contributed by atoms with Gasteiger partial charge in [-0.2, -0.15) is 0 Å². The molecular weight excluding hydrogens is 428 g/mol. The number of nitrogens with one attached hydrogen (secondary N) is 1. The number of nitrogens with zero attached hydrogens (tertiary/aromatic N) is 1. The summed E-state index contributed by atoms with van der Waals surface area (Å²) in [6.45, 7) is 2.37. The van der Waals surface area contributed by atoms with Gasteiger partial charge >= 0.3 is 6.03 Å². The summed E-state index contributed by atoms with van der Waals surface area (Å²) in [5.41, 5.74) is 3.76. The lowest BCUT2D eigenvalue weighted by Crippen LogP contribution is -2.36. The molecular formula is C25H25ClN2O4. The Morgan fingerprint density at radius 1 is 1.03 bits per heavy atom. The Morgan fingerprint density at radius 2 is 1.75 bits per heavy atom. The van der Waals surface area contributed by atoms with E-state index in [4.69, 9.17) is 25.8 Å². The van der Waals surface area contributed by atoms with Crippen LogP contribution in [0.25, 0.3) is 0 Å². The maximum Gasteiger partial charge on any atom is 0.322 e. The van der Waals surface area contributed by atoms with Crippen LogP contribution in [0, 0.1) is 0 Å². The SMILES string of the molecule is COc1ccc(NC(=O)N2CCOc3ccc(COCc4ccc(Cl)cc4)cc3C2)cc1. The molecule has 0 saturated heterocycles. The lowest BCUT2D eigenvalue weighted by atomic mass is 10.1. The fraction of sp³-hybridized carbons (Fsp3) is 0.240. The highest BCUT2D eigenvalue weighted by Crippen LogP contribution is 2.26. The van der Waals surface area contributed by atoms with E-state index in [-0.39, 0.29) is 6.03 Å². The van der Waals surface area contributed by atoms with E-state index in [0.717, 1.165) is 28.2 Å². The zero-order chi connectivity index (χ0) is 22.3. The molecule has 166 valence electrons. The molecule has 3 aromatic carbocycles. The number of benzene rings is 3. The number of urea groups is 1. The third-order valence-corrected chi connectivity index (χ3v) is 5.44. The van der Waals surface area contributed by atoms with Gasteiger partial charge in [0.05, 0.1) is 33.4 Å². The fourth-order valence-electron chi connectivity index (χ4n) is 3.46. The average Bonchev–Trinajstić information content (AvgIpc) is 3.03. The number of carbonyl (C=O) groups excluding carboxylic acids is 1. The Bertz CT molecular complexity index is 1050. The molecule has 4 rings (SSSR count). The van der Waals surface area contributed by atoms with Crippen molar-refractivity contribution in [3.8, 4) is 11.5 Å². The van der Waals surface area contributed by atoms with Crippen LogP contribution in [0.4, 0.5) is 10.5 Å². The molecule has 1 aliphatic rings. The van der Waals surface area contributed by atoms with Gasteiger partial charge in [-0.15, -0.1) is 0 Å². The van der Waals surface area contributed by atoms with Gasteiger partial charge in [0.25, 0.3) is 0 Å². The van der Waals surface area contributed by atoms with E-state index >= 15 is 0 Å². The molecule has 0 atom stereocenters. The number of rotatable bonds is 6. The van der Waals surface area contributed by atoms with Gasteiger partial charge in [0.2, 0.25) is 0 Å². The summed E-state index contributed by atoms with van der Waals surface area (Å²) in [5, 5.41) is 3.64. The van der Waals surface area contributed by atoms with Gasteiger partial charge in [0, 0.05) is 16.3 Å². The second-order valence-electron chi connectivity index (χ2n) is 7.49. The number of methoxy groups -OCH3 is 1. The van der Waals surface area contributed by atoms with E-state index in [2.05, 4.69) is 5.32 Å². The van der Waals surface area contributed by atoms with E-state index in [1.165, 1.54) is 0 Å². The first-order valence-corrected chi connectivity index (χ1v) is 10.8. The predicted molar refractivity (Wildman–Crippen MR) is 124 cm³/mol. The predicted octanol–water partition coefficient (Wildman–Crippen LogP) is 5.49. The first-order valence-electron chi connectivity index (χ1n) is 10.4. The van der Waals surface area contributed by atoms with Gasteiger partial charge in [-0.1, -0.05) is 29.8 Å². The topological polar surface area (TPSA) is 60.0 Å². The number of anilines is 1. The largest absolute Gasteiger partial charge is 0.497 e. The Kier molecular flexibility index (Phi) is 7.14. The number of amides is 2. The van der Waals surface area contributed by atoms with Crippen LogP contribution in [0.15, 0.2) is 66.7 Å². The highest BCUT2D eigenvalue weighted by Gasteiger charge is 2.20. The van der Waals surface area contributed by atoms with Gasteiger partial charge in [0.15, 0.2) is 0 Å². The maximum atomic E-state index is 12.8. The first-order chi connectivity index (χ1) is 15.6. The highest BCUT2D eigenvalue weighted by molar-refractivity contribution is 6.30. The standard InChI is InChI=1S/C25H25ClN2O4/c1-30-23-9-7-22(8-10-23)27-25(29)28-12-13-32-24-11-4-19(14-20(24)15-28)17-31-16-18-2-5-21(26)6-3-18/h2-11,14H,12-13,15-17H2,1H3,(H,27,29). The molecule has 1 N–H and O–H groups in total. The van der Waals surface area contributed by atoms with Crippen LogP contribution >= 0.6 is 11.6 Å². The van der Waals surface area contributed by atoms with Crippen molar-refractivity contribution in [2.24, 2.45) is 0 Å². The molecule has 6 nitrogen and oxygen atoms in total. The van der Waals surface area contributed by atoms with Crippen molar-refractivity contribution in [1.82, 2.24) is 4.90 Å². The number of hydrogen-bond donors (Lipinski definition) is 1. The van der Waals surface area contributed by atoms with Crippen molar-refractivity contribution in [2.75, 3.05) is 25.6 Å². The van der Waals surface area contributed by atoms with Crippen LogP contribution in [0.3, 0.4) is 0 Å². The molecule has 0 fully saturated rings. The quantitative estimate of drug-likeness (QED) is 0.537. The third-order valence-electron chi connectivity index (χ3n) is 5.18. The monoisotopic (exact) mass is 452 g/mol. The molecule has 3 aromatic rings. The first kappa shape index (κ1) is 22.0. The summed E-state index contributed by atoms with van der Waals surface area (Å²) in [6.07, 6.45) is 0. The zero-order valence-corrected chi connectivity index (χ0v) is 18.6. The molecule has 0 radical (unpaired) electrons. The van der Waals surface area contributed by atoms with Crippen LogP contribution in [-0.4, -0.2) is 31.2 Å². The minimum absolute atomic E-state index is 0.170. The lowest BCUT2D eigenvalue weighted by molar-refractivity contribution is 0.107. The lowest BCUT2D eigenvalue weighted by Gasteiger charge is -2.20. The summed E-state index contributed by atoms with van der Waals surface area (Å²) in [4.78, 5) is 14.6. The molecule has 7 heteroatoms. The van der Waals surface area contributed by atoms with Gasteiger partial charge in [-0.3, -0.25) is 0 Å². The summed E-state index contributed by atoms with van der Waals surface area (Å²) in [5.74, 6) is 1.54. The smallest absolute Gasteiger partial charge is 0.322 e. The average molecular weight is 453 g/mol. The van der Waals surface area contributed by atoms with Crippen LogP contribution in [-0.2, 0) is 24.5 Å². The molecule has 0 unspecified atom stereocenters. The number of carbonyl (C=O) groups is 1. The van der Waals surface area contributed by atoms with Gasteiger partial charge in [-0.05, 0) is 59.7 Å². The summed E-state index contributed by atoms with van der Waals surface area (Å²) < 4.78 is 16.9. The zero-order valence-electron chi connectivity index (χ0n) is 17.8. The normalized spacial score (nSPS) is 13.0. The molecule has 2 amide bonds. The minimum atomic E-state index is -0.170. The minimum Gasteiger partial charge on any atom is -0.497 e. The van der Waals surface area contributed by atoms with Crippen molar-refractivity contribution in [3.63, 3.8) is 0 Å². The van der Waals surface area contributed by atoms with Crippen LogP contribution in [0.5, 0.6) is 11.5 Å². The van der Waals surface area contributed by atoms with Crippen molar-refractivity contribution in [1.29, 1.82) is 0 Å². The maximum absolute atomic E-state index is 12.8. The number of hydrogen-bond acceptors (Lipinski definition) is 4. The van der Waals surface area contributed by atoms with Gasteiger partial charge in [-0.25, -0.2) is 4.79 Å². The van der Waals surface area contributed by atoms with E-state index in [1.54, 1.807) is 12.0 Å². The van der Waals surface area contributed by atoms with Crippen molar-refractivity contribution in [3.05, 3.63) is 88.4 Å². The van der Waals surface area contributed by atoms with Crippen LogP contribution < -0.4 is 14.8 Å². The highest BCUT2D eigenvalue weighted by atomic mass is 35.5. The summed E-state index contributed by atoms with van der Waals surface area (Å²) in [6, 6.07) is 20.7. The molecule has 0 aromatic heterocycles. The molecule has 0 bridgehead atoms.